The average Bonchev–Trinajstić information content (AvgIpc) is 3.05. The van der Waals surface area contributed by atoms with E-state index in [9.17, 15) is 0 Å². The first-order valence-corrected chi connectivity index (χ1v) is 6.45. The molecular weight excluding hydrogens is 241 g/mol. The first kappa shape index (κ1) is 12.2. The summed E-state index contributed by atoms with van der Waals surface area (Å²) in [4.78, 5) is 0. The van der Waals surface area contributed by atoms with Gasteiger partial charge >= 0.3 is 0 Å². The molecular formula is C13H17Cl2N. The Hall–Kier alpha value is -0.240. The number of rotatable bonds is 4. The second-order valence-electron chi connectivity index (χ2n) is 4.76. The minimum Gasteiger partial charge on any atom is -0.317 e. The molecule has 3 heteroatoms. The Labute approximate surface area is 107 Å². The fourth-order valence-electron chi connectivity index (χ4n) is 2.29. The van der Waals surface area contributed by atoms with Crippen LogP contribution in [0.25, 0.3) is 0 Å². The summed E-state index contributed by atoms with van der Waals surface area (Å²) in [6.07, 6.45) is 3.57. The highest BCUT2D eigenvalue weighted by atomic mass is 35.5. The van der Waals surface area contributed by atoms with E-state index in [-0.39, 0.29) is 0 Å². The molecule has 0 radical (unpaired) electrons. The molecule has 0 amide bonds. The average molecular weight is 258 g/mol. The third-order valence-corrected chi connectivity index (χ3v) is 4.68. The van der Waals surface area contributed by atoms with Gasteiger partial charge in [-0.15, -0.1) is 0 Å². The number of benzene rings is 1. The van der Waals surface area contributed by atoms with Crippen LogP contribution in [0, 0.1) is 5.41 Å². The van der Waals surface area contributed by atoms with Crippen molar-refractivity contribution in [3.8, 4) is 0 Å². The molecule has 2 rings (SSSR count). The third-order valence-electron chi connectivity index (χ3n) is 3.82. The molecule has 1 unspecified atom stereocenters. The number of halogens is 2. The van der Waals surface area contributed by atoms with Crippen LogP contribution in [0.3, 0.4) is 0 Å². The second-order valence-corrected chi connectivity index (χ2v) is 5.55. The lowest BCUT2D eigenvalue weighted by molar-refractivity contribution is 0.369. The van der Waals surface area contributed by atoms with Gasteiger partial charge in [-0.05, 0) is 50.3 Å². The van der Waals surface area contributed by atoms with E-state index >= 15 is 0 Å². The van der Waals surface area contributed by atoms with Gasteiger partial charge in [-0.3, -0.25) is 0 Å². The Bertz CT molecular complexity index is 386. The van der Waals surface area contributed by atoms with E-state index in [0.29, 0.717) is 16.5 Å². The van der Waals surface area contributed by atoms with Gasteiger partial charge in [0.2, 0.25) is 0 Å². The fraction of sp³-hybridized carbons (Fsp3) is 0.538. The molecule has 88 valence electrons. The smallest absolute Gasteiger partial charge is 0.0624 e. The van der Waals surface area contributed by atoms with Crippen molar-refractivity contribution in [2.45, 2.75) is 32.2 Å². The van der Waals surface area contributed by atoms with Crippen molar-refractivity contribution in [1.29, 1.82) is 0 Å². The maximum absolute atomic E-state index is 6.22. The van der Waals surface area contributed by atoms with Gasteiger partial charge in [-0.1, -0.05) is 35.3 Å². The lowest BCUT2D eigenvalue weighted by Crippen LogP contribution is -2.33. The van der Waals surface area contributed by atoms with E-state index in [4.69, 9.17) is 23.2 Å². The normalized spacial score (nSPS) is 19.5. The molecule has 0 spiro atoms. The molecule has 0 saturated heterocycles. The van der Waals surface area contributed by atoms with E-state index in [2.05, 4.69) is 18.3 Å². The fourth-order valence-corrected chi connectivity index (χ4v) is 2.68. The summed E-state index contributed by atoms with van der Waals surface area (Å²) < 4.78 is 0. The molecule has 1 N–H and O–H groups in total. The molecule has 0 aromatic heterocycles. The second kappa shape index (κ2) is 4.56. The van der Waals surface area contributed by atoms with Crippen LogP contribution >= 0.6 is 23.2 Å². The van der Waals surface area contributed by atoms with Crippen molar-refractivity contribution in [3.63, 3.8) is 0 Å². The van der Waals surface area contributed by atoms with Crippen molar-refractivity contribution in [2.24, 2.45) is 5.41 Å². The molecule has 0 aliphatic heterocycles. The largest absolute Gasteiger partial charge is 0.317 e. The van der Waals surface area contributed by atoms with E-state index in [1.165, 1.54) is 18.4 Å². The summed E-state index contributed by atoms with van der Waals surface area (Å²) in [5.41, 5.74) is 1.57. The standard InChI is InChI=1S/C13H17Cl2N/c1-9(16-2)13(6-7-13)8-10-4-3-5-11(14)12(10)15/h3-5,9,16H,6-8H2,1-2H3. The van der Waals surface area contributed by atoms with Gasteiger partial charge in [0.05, 0.1) is 10.0 Å². The molecule has 1 saturated carbocycles. The Morgan fingerprint density at radius 2 is 2.06 bits per heavy atom. The molecule has 1 aromatic carbocycles. The van der Waals surface area contributed by atoms with Gasteiger partial charge < -0.3 is 5.32 Å². The zero-order chi connectivity index (χ0) is 11.8. The lowest BCUT2D eigenvalue weighted by atomic mass is 9.90. The molecule has 1 aliphatic rings. The van der Waals surface area contributed by atoms with Crippen LogP contribution < -0.4 is 5.32 Å². The Morgan fingerprint density at radius 3 is 2.62 bits per heavy atom. The Morgan fingerprint density at radius 1 is 1.38 bits per heavy atom. The van der Waals surface area contributed by atoms with E-state index < -0.39 is 0 Å². The van der Waals surface area contributed by atoms with Crippen LogP contribution in [0.2, 0.25) is 10.0 Å². The highest BCUT2D eigenvalue weighted by Crippen LogP contribution is 2.52. The summed E-state index contributed by atoms with van der Waals surface area (Å²) in [5, 5.41) is 4.73. The van der Waals surface area contributed by atoms with Crippen molar-refractivity contribution in [2.75, 3.05) is 7.05 Å². The molecule has 1 nitrogen and oxygen atoms in total. The molecule has 1 atom stereocenters. The van der Waals surface area contributed by atoms with Gasteiger partial charge in [-0.25, -0.2) is 0 Å². The van der Waals surface area contributed by atoms with Crippen LogP contribution in [0.1, 0.15) is 25.3 Å². The monoisotopic (exact) mass is 257 g/mol. The highest BCUT2D eigenvalue weighted by molar-refractivity contribution is 6.42. The predicted octanol–water partition coefficient (Wildman–Crippen LogP) is 3.92. The number of hydrogen-bond acceptors (Lipinski definition) is 1. The minimum absolute atomic E-state index is 0.392. The molecule has 0 bridgehead atoms. The predicted molar refractivity (Wildman–Crippen MR) is 70.4 cm³/mol. The summed E-state index contributed by atoms with van der Waals surface area (Å²) in [7, 11) is 2.02. The van der Waals surface area contributed by atoms with Crippen molar-refractivity contribution >= 4 is 23.2 Å². The number of hydrogen-bond donors (Lipinski definition) is 1. The first-order chi connectivity index (χ1) is 7.59. The van der Waals surface area contributed by atoms with Crippen LogP contribution in [-0.2, 0) is 6.42 Å². The first-order valence-electron chi connectivity index (χ1n) is 5.69. The van der Waals surface area contributed by atoms with Crippen molar-refractivity contribution < 1.29 is 0 Å². The molecule has 1 aromatic rings. The van der Waals surface area contributed by atoms with Gasteiger partial charge in [0.1, 0.15) is 0 Å². The van der Waals surface area contributed by atoms with E-state index in [0.717, 1.165) is 11.4 Å². The van der Waals surface area contributed by atoms with Gasteiger partial charge in [0.15, 0.2) is 0 Å². The summed E-state index contributed by atoms with van der Waals surface area (Å²) in [6, 6.07) is 6.43. The lowest BCUT2D eigenvalue weighted by Gasteiger charge is -2.23. The highest BCUT2D eigenvalue weighted by Gasteiger charge is 2.46. The van der Waals surface area contributed by atoms with Crippen LogP contribution in [0.15, 0.2) is 18.2 Å². The zero-order valence-corrected chi connectivity index (χ0v) is 11.2. The molecule has 1 aliphatic carbocycles. The van der Waals surface area contributed by atoms with Crippen LogP contribution in [0.4, 0.5) is 0 Å². The SMILES string of the molecule is CNC(C)C1(Cc2cccc(Cl)c2Cl)CC1. The van der Waals surface area contributed by atoms with Gasteiger partial charge in [0, 0.05) is 6.04 Å². The van der Waals surface area contributed by atoms with E-state index in [1.54, 1.807) is 0 Å². The maximum Gasteiger partial charge on any atom is 0.0624 e. The van der Waals surface area contributed by atoms with Crippen LogP contribution in [-0.4, -0.2) is 13.1 Å². The molecule has 0 heterocycles. The van der Waals surface area contributed by atoms with E-state index in [1.807, 2.05) is 19.2 Å². The van der Waals surface area contributed by atoms with Gasteiger partial charge in [-0.2, -0.15) is 0 Å². The summed E-state index contributed by atoms with van der Waals surface area (Å²) in [5.74, 6) is 0. The van der Waals surface area contributed by atoms with Crippen LogP contribution in [0.5, 0.6) is 0 Å². The van der Waals surface area contributed by atoms with Gasteiger partial charge in [0.25, 0.3) is 0 Å². The molecule has 16 heavy (non-hydrogen) atoms. The van der Waals surface area contributed by atoms with Crippen molar-refractivity contribution in [1.82, 2.24) is 5.32 Å². The third kappa shape index (κ3) is 2.22. The summed E-state index contributed by atoms with van der Waals surface area (Å²) >= 11 is 12.3. The molecule has 1 fully saturated rings. The Kier molecular flexibility index (Phi) is 3.48. The summed E-state index contributed by atoms with van der Waals surface area (Å²) in [6.45, 7) is 2.24. The Balaban J connectivity index is 2.18. The number of nitrogens with one attached hydrogen (secondary N) is 1. The zero-order valence-electron chi connectivity index (χ0n) is 9.69. The quantitative estimate of drug-likeness (QED) is 0.863. The van der Waals surface area contributed by atoms with Crippen molar-refractivity contribution in [3.05, 3.63) is 33.8 Å². The topological polar surface area (TPSA) is 12.0 Å². The maximum atomic E-state index is 6.22. The minimum atomic E-state index is 0.392.